The molecule has 0 bridgehead atoms. The molecule has 0 radical (unpaired) electrons. The van der Waals surface area contributed by atoms with E-state index in [1.165, 1.54) is 6.42 Å². The smallest absolute Gasteiger partial charge is 0.0701 e. The molecule has 0 aromatic carbocycles. The Kier molecular flexibility index (Phi) is 17.3. The Morgan fingerprint density at radius 3 is 2.05 bits per heavy atom. The highest BCUT2D eigenvalue weighted by molar-refractivity contribution is 6.17. The van der Waals surface area contributed by atoms with Crippen molar-refractivity contribution in [1.29, 1.82) is 0 Å². The predicted octanol–water partition coefficient (Wildman–Crippen LogP) is 2.83. The molecule has 0 aromatic rings. The lowest BCUT2D eigenvalue weighted by atomic mass is 10.2. The number of rotatable bonds is 16. The second kappa shape index (κ2) is 17.2. The molecule has 0 amide bonds. The van der Waals surface area contributed by atoms with Crippen LogP contribution in [0.5, 0.6) is 0 Å². The molecule has 0 fully saturated rings. The van der Waals surface area contributed by atoms with Gasteiger partial charge in [-0.25, -0.2) is 0 Å². The monoisotopic (exact) mass is 309 g/mol. The van der Waals surface area contributed by atoms with Gasteiger partial charge in [-0.1, -0.05) is 20.3 Å². The van der Waals surface area contributed by atoms with Crippen molar-refractivity contribution in [3.8, 4) is 0 Å². The summed E-state index contributed by atoms with van der Waals surface area (Å²) in [6.45, 7) is 9.36. The fourth-order valence-corrected chi connectivity index (χ4v) is 1.97. The van der Waals surface area contributed by atoms with Gasteiger partial charge >= 0.3 is 0 Å². The maximum absolute atomic E-state index is 5.73. The van der Waals surface area contributed by atoms with Gasteiger partial charge in [-0.3, -0.25) is 0 Å². The molecule has 0 spiro atoms. The summed E-state index contributed by atoms with van der Waals surface area (Å²) in [7, 11) is 0. The van der Waals surface area contributed by atoms with Crippen molar-refractivity contribution in [2.45, 2.75) is 45.6 Å². The molecule has 0 aliphatic carbocycles. The summed E-state index contributed by atoms with van der Waals surface area (Å²) in [5, 5.41) is 3.43. The van der Waals surface area contributed by atoms with E-state index in [-0.39, 0.29) is 0 Å². The first-order valence-electron chi connectivity index (χ1n) is 7.87. The van der Waals surface area contributed by atoms with E-state index in [9.17, 15) is 0 Å². The lowest BCUT2D eigenvalue weighted by molar-refractivity contribution is 0.0144. The van der Waals surface area contributed by atoms with Crippen LogP contribution >= 0.6 is 11.6 Å². The average molecular weight is 310 g/mol. The predicted molar refractivity (Wildman–Crippen MR) is 84.8 cm³/mol. The Bertz CT molecular complexity index is 185. The van der Waals surface area contributed by atoms with Gasteiger partial charge in [0.05, 0.1) is 33.0 Å². The summed E-state index contributed by atoms with van der Waals surface area (Å²) in [6.07, 6.45) is 4.41. The molecule has 0 aromatic heterocycles. The van der Waals surface area contributed by atoms with E-state index in [1.54, 1.807) is 0 Å². The fraction of sp³-hybridized carbons (Fsp3) is 1.00. The molecular weight excluding hydrogens is 278 g/mol. The third-order valence-electron chi connectivity index (χ3n) is 3.02. The zero-order chi connectivity index (χ0) is 14.9. The van der Waals surface area contributed by atoms with Gasteiger partial charge in [0, 0.05) is 25.1 Å². The molecule has 0 aliphatic rings. The van der Waals surface area contributed by atoms with Crippen molar-refractivity contribution in [1.82, 2.24) is 5.32 Å². The standard InChI is InChI=1S/C15H32ClNO3/c1-3-5-9-18-11-13-20-14-12-19-10-8-17-15(4-2)6-7-16/h15,17H,3-14H2,1-2H3. The minimum absolute atomic E-state index is 0.507. The second-order valence-electron chi connectivity index (χ2n) is 4.73. The molecule has 1 unspecified atom stereocenters. The van der Waals surface area contributed by atoms with E-state index >= 15 is 0 Å². The normalized spacial score (nSPS) is 12.8. The minimum Gasteiger partial charge on any atom is -0.379 e. The molecule has 20 heavy (non-hydrogen) atoms. The summed E-state index contributed by atoms with van der Waals surface area (Å²) >= 11 is 5.73. The number of ether oxygens (including phenoxy) is 3. The SMILES string of the molecule is CCCCOCCOCCOCCNC(CC)CCCl. The highest BCUT2D eigenvalue weighted by Crippen LogP contribution is 1.98. The van der Waals surface area contributed by atoms with Crippen LogP contribution in [0.4, 0.5) is 0 Å². The van der Waals surface area contributed by atoms with E-state index in [1.807, 2.05) is 0 Å². The van der Waals surface area contributed by atoms with Crippen LogP contribution < -0.4 is 5.32 Å². The minimum atomic E-state index is 0.507. The van der Waals surface area contributed by atoms with Gasteiger partial charge in [-0.2, -0.15) is 0 Å². The third kappa shape index (κ3) is 14.5. The molecule has 0 saturated carbocycles. The van der Waals surface area contributed by atoms with Crippen LogP contribution in [0.15, 0.2) is 0 Å². The molecular formula is C15H32ClNO3. The van der Waals surface area contributed by atoms with Gasteiger partial charge in [0.1, 0.15) is 0 Å². The third-order valence-corrected chi connectivity index (χ3v) is 3.23. The van der Waals surface area contributed by atoms with Gasteiger partial charge in [0.15, 0.2) is 0 Å². The van der Waals surface area contributed by atoms with Crippen LogP contribution in [0, 0.1) is 0 Å². The topological polar surface area (TPSA) is 39.7 Å². The van der Waals surface area contributed by atoms with Crippen molar-refractivity contribution < 1.29 is 14.2 Å². The first-order valence-corrected chi connectivity index (χ1v) is 8.41. The number of nitrogens with one attached hydrogen (secondary N) is 1. The quantitative estimate of drug-likeness (QED) is 0.351. The highest BCUT2D eigenvalue weighted by Gasteiger charge is 2.03. The lowest BCUT2D eigenvalue weighted by Crippen LogP contribution is -2.32. The van der Waals surface area contributed by atoms with Crippen LogP contribution in [0.3, 0.4) is 0 Å². The van der Waals surface area contributed by atoms with E-state index in [0.29, 0.717) is 38.3 Å². The number of alkyl halides is 1. The lowest BCUT2D eigenvalue weighted by Gasteiger charge is -2.15. The summed E-state index contributed by atoms with van der Waals surface area (Å²) in [4.78, 5) is 0. The Morgan fingerprint density at radius 1 is 0.900 bits per heavy atom. The average Bonchev–Trinajstić information content (AvgIpc) is 2.47. The number of hydrogen-bond donors (Lipinski definition) is 1. The maximum Gasteiger partial charge on any atom is 0.0701 e. The van der Waals surface area contributed by atoms with Crippen LogP contribution in [-0.2, 0) is 14.2 Å². The Morgan fingerprint density at radius 2 is 1.50 bits per heavy atom. The summed E-state index contributed by atoms with van der Waals surface area (Å²) in [5.41, 5.74) is 0. The van der Waals surface area contributed by atoms with Crippen molar-refractivity contribution in [2.24, 2.45) is 0 Å². The van der Waals surface area contributed by atoms with Crippen LogP contribution in [0.25, 0.3) is 0 Å². The Balaban J connectivity index is 3.09. The van der Waals surface area contributed by atoms with Gasteiger partial charge in [0.2, 0.25) is 0 Å². The Labute approximate surface area is 129 Å². The maximum atomic E-state index is 5.73. The van der Waals surface area contributed by atoms with Gasteiger partial charge in [-0.05, 0) is 19.3 Å². The van der Waals surface area contributed by atoms with E-state index in [0.717, 1.165) is 39.0 Å². The number of hydrogen-bond acceptors (Lipinski definition) is 4. The zero-order valence-corrected chi connectivity index (χ0v) is 13.9. The first-order chi connectivity index (χ1) is 9.85. The zero-order valence-electron chi connectivity index (χ0n) is 13.2. The van der Waals surface area contributed by atoms with Crippen molar-refractivity contribution in [3.63, 3.8) is 0 Å². The molecule has 5 heteroatoms. The second-order valence-corrected chi connectivity index (χ2v) is 5.11. The molecule has 0 aliphatic heterocycles. The van der Waals surface area contributed by atoms with Gasteiger partial charge in [0.25, 0.3) is 0 Å². The van der Waals surface area contributed by atoms with Crippen LogP contribution in [0.2, 0.25) is 0 Å². The molecule has 1 atom stereocenters. The fourth-order valence-electron chi connectivity index (χ4n) is 1.71. The van der Waals surface area contributed by atoms with Crippen LogP contribution in [-0.4, -0.2) is 58.1 Å². The summed E-state index contributed by atoms with van der Waals surface area (Å²) in [6, 6.07) is 0.507. The highest BCUT2D eigenvalue weighted by atomic mass is 35.5. The van der Waals surface area contributed by atoms with E-state index < -0.39 is 0 Å². The molecule has 1 N–H and O–H groups in total. The van der Waals surface area contributed by atoms with Gasteiger partial charge < -0.3 is 19.5 Å². The van der Waals surface area contributed by atoms with Crippen molar-refractivity contribution in [2.75, 3.05) is 52.1 Å². The largest absolute Gasteiger partial charge is 0.379 e. The molecule has 4 nitrogen and oxygen atoms in total. The molecule has 0 saturated heterocycles. The first kappa shape index (κ1) is 20.1. The van der Waals surface area contributed by atoms with E-state index in [4.69, 9.17) is 25.8 Å². The van der Waals surface area contributed by atoms with Crippen LogP contribution in [0.1, 0.15) is 39.5 Å². The molecule has 0 rings (SSSR count). The van der Waals surface area contributed by atoms with Gasteiger partial charge in [-0.15, -0.1) is 11.6 Å². The summed E-state index contributed by atoms with van der Waals surface area (Å²) < 4.78 is 16.3. The molecule has 0 heterocycles. The number of halogens is 1. The molecule has 122 valence electrons. The van der Waals surface area contributed by atoms with E-state index in [2.05, 4.69) is 19.2 Å². The number of unbranched alkanes of at least 4 members (excludes halogenated alkanes) is 1. The van der Waals surface area contributed by atoms with Crippen molar-refractivity contribution >= 4 is 11.6 Å². The summed E-state index contributed by atoms with van der Waals surface area (Å²) in [5.74, 6) is 0.709. The Hall–Kier alpha value is 0.130. The van der Waals surface area contributed by atoms with Crippen molar-refractivity contribution in [3.05, 3.63) is 0 Å².